The minimum atomic E-state index is -1.96. The van der Waals surface area contributed by atoms with E-state index < -0.39 is 13.3 Å². The Hall–Kier alpha value is -3.90. The Kier molecular flexibility index (Phi) is 11.5. The zero-order valence-electron chi connectivity index (χ0n) is 29.3. The van der Waals surface area contributed by atoms with E-state index in [0.717, 1.165) is 69.0 Å². The van der Waals surface area contributed by atoms with Gasteiger partial charge in [0.25, 0.3) is 0 Å². The monoisotopic (exact) mass is 896 g/mol. The SMILES string of the molecule is Cc1ccc2oc3c[c-]c(-c4cc(CC5CCCC5)ccn4)cc3c2n1.[CH3][Ge]([CH3])([CH3])[c]1cnc(-c2[c-]cccc2)cc1Cc1ccccc1.[Ir]. The van der Waals surface area contributed by atoms with E-state index in [-0.39, 0.29) is 20.1 Å². The van der Waals surface area contributed by atoms with Crippen molar-refractivity contribution in [3.05, 3.63) is 144 Å². The summed E-state index contributed by atoms with van der Waals surface area (Å²) in [4.78, 5) is 14.0. The summed E-state index contributed by atoms with van der Waals surface area (Å²) in [6.45, 7) is 2.00. The molecule has 4 aromatic heterocycles. The Morgan fingerprint density at radius 3 is 2.32 bits per heavy atom. The first-order chi connectivity index (χ1) is 23.8. The molecule has 7 aromatic rings. The summed E-state index contributed by atoms with van der Waals surface area (Å²) in [5.74, 6) is 8.13. The van der Waals surface area contributed by atoms with Crippen LogP contribution in [0.25, 0.3) is 44.6 Å². The van der Waals surface area contributed by atoms with Crippen LogP contribution >= 0.6 is 0 Å². The zero-order chi connectivity index (χ0) is 33.8. The van der Waals surface area contributed by atoms with Gasteiger partial charge in [-0.2, -0.15) is 0 Å². The average Bonchev–Trinajstić information content (AvgIpc) is 3.76. The van der Waals surface area contributed by atoms with Crippen molar-refractivity contribution >= 4 is 39.7 Å². The molecule has 1 fully saturated rings. The van der Waals surface area contributed by atoms with Crippen molar-refractivity contribution in [2.45, 2.75) is 62.7 Å². The number of benzene rings is 3. The maximum absolute atomic E-state index is 5.90. The van der Waals surface area contributed by atoms with Crippen molar-refractivity contribution in [2.75, 3.05) is 0 Å². The number of rotatable bonds is 7. The van der Waals surface area contributed by atoms with Crippen LogP contribution in [-0.2, 0) is 32.9 Å². The van der Waals surface area contributed by atoms with Crippen molar-refractivity contribution in [1.82, 2.24) is 15.0 Å². The third-order valence-electron chi connectivity index (χ3n) is 9.50. The zero-order valence-corrected chi connectivity index (χ0v) is 33.8. The minimum absolute atomic E-state index is 0. The second-order valence-corrected chi connectivity index (χ2v) is 24.9. The van der Waals surface area contributed by atoms with Crippen LogP contribution in [0, 0.1) is 25.0 Å². The van der Waals surface area contributed by atoms with Crippen LogP contribution in [-0.4, -0.2) is 28.2 Å². The van der Waals surface area contributed by atoms with E-state index >= 15 is 0 Å². The normalized spacial score (nSPS) is 13.2. The second-order valence-electron chi connectivity index (χ2n) is 14.3. The number of aryl methyl sites for hydroxylation is 1. The summed E-state index contributed by atoms with van der Waals surface area (Å²) in [5.41, 5.74) is 11.8. The number of aromatic nitrogens is 3. The van der Waals surface area contributed by atoms with Crippen molar-refractivity contribution in [2.24, 2.45) is 5.92 Å². The first-order valence-electron chi connectivity index (χ1n) is 17.5. The molecule has 255 valence electrons. The fraction of sp³-hybridized carbons (Fsp3) is 0.250. The molecule has 0 unspecified atom stereocenters. The molecule has 0 spiro atoms. The molecule has 1 radical (unpaired) electrons. The molecular weight excluding hydrogens is 851 g/mol. The van der Waals surface area contributed by atoms with Crippen LogP contribution in [0.15, 0.2) is 114 Å². The van der Waals surface area contributed by atoms with Gasteiger partial charge in [0.2, 0.25) is 0 Å². The molecule has 0 saturated heterocycles. The van der Waals surface area contributed by atoms with Gasteiger partial charge in [-0.1, -0.05) is 37.3 Å². The maximum atomic E-state index is 5.90. The molecule has 4 nitrogen and oxygen atoms in total. The Bertz CT molecular complexity index is 2190. The fourth-order valence-corrected chi connectivity index (χ4v) is 10.3. The number of hydrogen-bond acceptors (Lipinski definition) is 4. The average molecular weight is 895 g/mol. The predicted octanol–water partition coefficient (Wildman–Crippen LogP) is 10.6. The van der Waals surface area contributed by atoms with Gasteiger partial charge in [-0.3, -0.25) is 4.98 Å². The van der Waals surface area contributed by atoms with E-state index in [4.69, 9.17) is 9.40 Å². The Balaban J connectivity index is 0.000000171. The standard InChI is InChI=1S/C23H21N2O.C21H22GeN.Ir/c1-15-6-8-22-23(25-15)19-14-18(7-9-21(19)26-22)20-13-17(10-11-24-20)12-16-4-2-3-5-16;1-22(2,3)20-16-23-21(18-12-8-5-9-13-18)15-19(20)14-17-10-6-4-7-11-17;/h6,8-11,13-14,16H,2-5,12H2,1H3;4-12,15-16H,14H2,1-3H3;/q2*-1;. The van der Waals surface area contributed by atoms with E-state index in [1.54, 1.807) is 0 Å². The molecule has 0 aliphatic heterocycles. The van der Waals surface area contributed by atoms with E-state index in [1.807, 2.05) is 49.5 Å². The molecule has 0 amide bonds. The number of furan rings is 1. The summed E-state index contributed by atoms with van der Waals surface area (Å²) in [5, 5.41) is 1.03. The largest absolute Gasteiger partial charge is 0 e. The number of fused-ring (bicyclic) bond motifs is 3. The van der Waals surface area contributed by atoms with Crippen LogP contribution < -0.4 is 4.40 Å². The number of pyridine rings is 3. The van der Waals surface area contributed by atoms with Gasteiger partial charge in [0.05, 0.1) is 11.1 Å². The van der Waals surface area contributed by atoms with Crippen LogP contribution in [0.3, 0.4) is 0 Å². The van der Waals surface area contributed by atoms with Crippen LogP contribution in [0.4, 0.5) is 0 Å². The fourth-order valence-electron chi connectivity index (χ4n) is 6.96. The molecule has 1 aliphatic carbocycles. The van der Waals surface area contributed by atoms with Crippen molar-refractivity contribution < 1.29 is 24.5 Å². The quantitative estimate of drug-likeness (QED) is 0.118. The number of hydrogen-bond donors (Lipinski definition) is 0. The molecule has 6 heteroatoms. The maximum Gasteiger partial charge on any atom is 0 e. The molecule has 1 saturated carbocycles. The van der Waals surface area contributed by atoms with Gasteiger partial charge in [0.1, 0.15) is 5.58 Å². The summed E-state index contributed by atoms with van der Waals surface area (Å²) in [6.07, 6.45) is 11.7. The first-order valence-corrected chi connectivity index (χ1v) is 24.8. The molecule has 8 rings (SSSR count). The van der Waals surface area contributed by atoms with Gasteiger partial charge in [0, 0.05) is 32.0 Å². The summed E-state index contributed by atoms with van der Waals surface area (Å²) >= 11 is -1.96. The smallest absolute Gasteiger partial charge is 0 e. The van der Waals surface area contributed by atoms with Crippen molar-refractivity contribution in [3.63, 3.8) is 0 Å². The summed E-state index contributed by atoms with van der Waals surface area (Å²) in [7, 11) is 0. The second kappa shape index (κ2) is 16.0. The molecule has 0 bridgehead atoms. The first kappa shape index (κ1) is 35.9. The van der Waals surface area contributed by atoms with E-state index in [2.05, 4.69) is 106 Å². The molecule has 1 aliphatic rings. The van der Waals surface area contributed by atoms with Crippen LogP contribution in [0.1, 0.15) is 48.1 Å². The van der Waals surface area contributed by atoms with Gasteiger partial charge < -0.3 is 9.40 Å². The van der Waals surface area contributed by atoms with Gasteiger partial charge in [-0.25, -0.2) is 0 Å². The number of nitrogens with zero attached hydrogens (tertiary/aromatic N) is 3. The summed E-state index contributed by atoms with van der Waals surface area (Å²) in [6, 6.07) is 40.0. The Morgan fingerprint density at radius 1 is 0.780 bits per heavy atom. The van der Waals surface area contributed by atoms with E-state index in [0.29, 0.717) is 0 Å². The minimum Gasteiger partial charge on any atom is 0 e. The molecule has 0 atom stereocenters. The van der Waals surface area contributed by atoms with Gasteiger partial charge in [-0.05, 0) is 48.5 Å². The summed E-state index contributed by atoms with van der Waals surface area (Å²) < 4.78 is 7.39. The molecular formula is C44H43GeIrN3O-2. The van der Waals surface area contributed by atoms with Crippen molar-refractivity contribution in [3.8, 4) is 22.5 Å². The molecule has 0 N–H and O–H groups in total. The third-order valence-corrected chi connectivity index (χ3v) is 13.8. The Labute approximate surface area is 312 Å². The molecule has 3 aromatic carbocycles. The Morgan fingerprint density at radius 2 is 1.56 bits per heavy atom. The van der Waals surface area contributed by atoms with Gasteiger partial charge >= 0.3 is 142 Å². The van der Waals surface area contributed by atoms with Crippen molar-refractivity contribution in [1.29, 1.82) is 0 Å². The predicted molar refractivity (Wildman–Crippen MR) is 205 cm³/mol. The van der Waals surface area contributed by atoms with Gasteiger partial charge in [0.15, 0.2) is 0 Å². The third kappa shape index (κ3) is 8.51. The molecule has 50 heavy (non-hydrogen) atoms. The van der Waals surface area contributed by atoms with E-state index in [9.17, 15) is 0 Å². The topological polar surface area (TPSA) is 51.8 Å². The van der Waals surface area contributed by atoms with Crippen LogP contribution in [0.5, 0.6) is 0 Å². The van der Waals surface area contributed by atoms with Gasteiger partial charge in [-0.15, -0.1) is 23.8 Å². The van der Waals surface area contributed by atoms with E-state index in [1.165, 1.54) is 46.8 Å². The van der Waals surface area contributed by atoms with Crippen LogP contribution in [0.2, 0.25) is 17.3 Å². The molecule has 4 heterocycles.